The Kier molecular flexibility index (Phi) is 3.96. The first-order valence-corrected chi connectivity index (χ1v) is 8.24. The zero-order valence-electron chi connectivity index (χ0n) is 13.2. The zero-order valence-corrected chi connectivity index (χ0v) is 14.0. The van der Waals surface area contributed by atoms with Crippen LogP contribution in [0.15, 0.2) is 72.8 Å². The van der Waals surface area contributed by atoms with Crippen molar-refractivity contribution < 1.29 is 9.78 Å². The predicted octanol–water partition coefficient (Wildman–Crippen LogP) is 4.55. The molecule has 0 atom stereocenters. The summed E-state index contributed by atoms with van der Waals surface area (Å²) < 4.78 is 0. The first-order chi connectivity index (χ1) is 12.2. The predicted molar refractivity (Wildman–Crippen MR) is 99.7 cm³/mol. The normalized spacial score (nSPS) is 10.8. The number of benzene rings is 3. The van der Waals surface area contributed by atoms with E-state index in [1.54, 1.807) is 24.3 Å². The summed E-state index contributed by atoms with van der Waals surface area (Å²) in [6, 6.07) is 22.5. The Morgan fingerprint density at radius 3 is 2.52 bits per heavy atom. The maximum absolute atomic E-state index is 12.3. The number of fused-ring (bicyclic) bond motifs is 1. The van der Waals surface area contributed by atoms with Crippen LogP contribution in [0.2, 0.25) is 5.02 Å². The Morgan fingerprint density at radius 2 is 1.76 bits per heavy atom. The molecule has 3 aromatic carbocycles. The molecule has 4 nitrogen and oxygen atoms in total. The Bertz CT molecular complexity index is 1020. The number of hydrogen-bond donors (Lipinski definition) is 2. The second-order valence-electron chi connectivity index (χ2n) is 5.71. The molecule has 4 aromatic rings. The number of para-hydroxylation sites is 2. The number of H-pyrrole nitrogens is 2. The van der Waals surface area contributed by atoms with Crippen LogP contribution >= 0.6 is 11.6 Å². The first-order valence-electron chi connectivity index (χ1n) is 7.86. The molecule has 0 radical (unpaired) electrons. The van der Waals surface area contributed by atoms with Crippen LogP contribution in [0.25, 0.3) is 22.4 Å². The average Bonchev–Trinajstić information content (AvgIpc) is 3.06. The summed E-state index contributed by atoms with van der Waals surface area (Å²) in [5, 5.41) is 3.41. The molecule has 0 unspecified atom stereocenters. The van der Waals surface area contributed by atoms with E-state index in [9.17, 15) is 4.79 Å². The van der Waals surface area contributed by atoms with E-state index in [1.165, 1.54) is 0 Å². The number of halogens is 1. The molecule has 4 rings (SSSR count). The van der Waals surface area contributed by atoms with Gasteiger partial charge in [-0.05, 0) is 54.6 Å². The molecule has 0 bridgehead atoms. The van der Waals surface area contributed by atoms with Crippen molar-refractivity contribution in [2.75, 3.05) is 5.32 Å². The van der Waals surface area contributed by atoms with Gasteiger partial charge in [0.15, 0.2) is 11.0 Å². The number of rotatable bonds is 3. The fourth-order valence-corrected chi connectivity index (χ4v) is 2.89. The highest BCUT2D eigenvalue weighted by molar-refractivity contribution is 6.31. The van der Waals surface area contributed by atoms with Gasteiger partial charge >= 0.3 is 0 Å². The highest BCUT2D eigenvalue weighted by atomic mass is 35.5. The molecule has 0 aliphatic rings. The number of anilines is 1. The lowest BCUT2D eigenvalue weighted by Gasteiger charge is -2.05. The number of imidazole rings is 1. The van der Waals surface area contributed by atoms with E-state index in [4.69, 9.17) is 11.6 Å². The quantitative estimate of drug-likeness (QED) is 0.560. The third-order valence-electron chi connectivity index (χ3n) is 3.96. The molecule has 0 saturated carbocycles. The minimum Gasteiger partial charge on any atom is -0.322 e. The summed E-state index contributed by atoms with van der Waals surface area (Å²) in [4.78, 5) is 18.9. The molecule has 0 spiro atoms. The van der Waals surface area contributed by atoms with Crippen molar-refractivity contribution in [2.24, 2.45) is 0 Å². The first kappa shape index (κ1) is 15.4. The summed E-state index contributed by atoms with van der Waals surface area (Å²) in [5.74, 6) is 0.737. The minimum atomic E-state index is -0.188. The Morgan fingerprint density at radius 1 is 0.960 bits per heavy atom. The molecule has 0 aliphatic heterocycles. The van der Waals surface area contributed by atoms with Gasteiger partial charge in [0.05, 0.1) is 5.56 Å². The van der Waals surface area contributed by atoms with Gasteiger partial charge in [-0.25, -0.2) is 9.97 Å². The average molecular weight is 349 g/mol. The summed E-state index contributed by atoms with van der Waals surface area (Å²) >= 11 is 5.93. The second kappa shape index (κ2) is 6.42. The van der Waals surface area contributed by atoms with E-state index < -0.39 is 0 Å². The third-order valence-corrected chi connectivity index (χ3v) is 4.20. The SMILES string of the molecule is O=C(Nc1ccc(-c2[nH]c3ccccc3[nH+]2)cc1)c1cccc(Cl)c1. The van der Waals surface area contributed by atoms with Crippen molar-refractivity contribution in [3.63, 3.8) is 0 Å². The highest BCUT2D eigenvalue weighted by Crippen LogP contribution is 2.20. The lowest BCUT2D eigenvalue weighted by Crippen LogP contribution is -2.11. The Balaban J connectivity index is 1.54. The van der Waals surface area contributed by atoms with Gasteiger partial charge in [-0.3, -0.25) is 4.79 Å². The summed E-state index contributed by atoms with van der Waals surface area (Å²) in [6.07, 6.45) is 0. The van der Waals surface area contributed by atoms with Crippen molar-refractivity contribution >= 4 is 34.2 Å². The van der Waals surface area contributed by atoms with Crippen LogP contribution in [0.1, 0.15) is 10.4 Å². The minimum absolute atomic E-state index is 0.188. The van der Waals surface area contributed by atoms with Crippen LogP contribution in [0.4, 0.5) is 5.69 Å². The van der Waals surface area contributed by atoms with E-state index in [2.05, 4.69) is 15.3 Å². The number of carbonyl (C=O) groups is 1. The molecule has 25 heavy (non-hydrogen) atoms. The summed E-state index contributed by atoms with van der Waals surface area (Å²) in [7, 11) is 0. The maximum atomic E-state index is 12.3. The Hall–Kier alpha value is -3.11. The van der Waals surface area contributed by atoms with Gasteiger partial charge in [-0.2, -0.15) is 0 Å². The lowest BCUT2D eigenvalue weighted by molar-refractivity contribution is -0.330. The van der Waals surface area contributed by atoms with Crippen LogP contribution in [-0.4, -0.2) is 10.9 Å². The molecule has 1 amide bonds. The van der Waals surface area contributed by atoms with Gasteiger partial charge in [-0.15, -0.1) is 0 Å². The van der Waals surface area contributed by atoms with Crippen molar-refractivity contribution in [3.8, 4) is 11.4 Å². The third kappa shape index (κ3) is 3.25. The molecule has 1 heterocycles. The summed E-state index contributed by atoms with van der Waals surface area (Å²) in [5.41, 5.74) is 4.37. The van der Waals surface area contributed by atoms with Crippen LogP contribution in [0.5, 0.6) is 0 Å². The fraction of sp³-hybridized carbons (Fsp3) is 0. The van der Waals surface area contributed by atoms with Gasteiger partial charge in [-0.1, -0.05) is 29.8 Å². The molecular weight excluding hydrogens is 334 g/mol. The molecule has 1 aromatic heterocycles. The molecule has 0 saturated heterocycles. The largest absolute Gasteiger partial charge is 0.322 e. The topological polar surface area (TPSA) is 59.0 Å². The van der Waals surface area contributed by atoms with E-state index in [1.807, 2.05) is 48.5 Å². The standard InChI is InChI=1S/C20H14ClN3O/c21-15-5-3-4-14(12-15)20(25)22-16-10-8-13(9-11-16)19-23-17-6-1-2-7-18(17)24-19/h1-12H,(H,22,25)(H,23,24)/p+1. The second-order valence-corrected chi connectivity index (χ2v) is 6.15. The van der Waals surface area contributed by atoms with Crippen LogP contribution in [-0.2, 0) is 0 Å². The molecule has 0 aliphatic carbocycles. The number of aromatic nitrogens is 2. The monoisotopic (exact) mass is 348 g/mol. The molecule has 3 N–H and O–H groups in total. The molecule has 5 heteroatoms. The Labute approximate surface area is 149 Å². The zero-order chi connectivity index (χ0) is 17.2. The van der Waals surface area contributed by atoms with Gasteiger partial charge in [0.25, 0.3) is 11.7 Å². The number of aromatic amines is 2. The van der Waals surface area contributed by atoms with Crippen LogP contribution in [0.3, 0.4) is 0 Å². The summed E-state index contributed by atoms with van der Waals surface area (Å²) in [6.45, 7) is 0. The number of carbonyl (C=O) groups excluding carboxylic acids is 1. The van der Waals surface area contributed by atoms with Gasteiger partial charge in [0.2, 0.25) is 0 Å². The molecule has 122 valence electrons. The van der Waals surface area contributed by atoms with Gasteiger partial charge in [0.1, 0.15) is 0 Å². The van der Waals surface area contributed by atoms with E-state index in [0.717, 1.165) is 28.1 Å². The van der Waals surface area contributed by atoms with E-state index >= 15 is 0 Å². The number of amides is 1. The van der Waals surface area contributed by atoms with Crippen molar-refractivity contribution in [3.05, 3.63) is 83.4 Å². The van der Waals surface area contributed by atoms with Crippen LogP contribution < -0.4 is 10.3 Å². The highest BCUT2D eigenvalue weighted by Gasteiger charge is 2.12. The molecular formula is C20H15ClN3O+. The smallest absolute Gasteiger partial charge is 0.285 e. The number of hydrogen-bond acceptors (Lipinski definition) is 1. The fourth-order valence-electron chi connectivity index (χ4n) is 2.70. The lowest BCUT2D eigenvalue weighted by atomic mass is 10.1. The molecule has 0 fully saturated rings. The van der Waals surface area contributed by atoms with Crippen molar-refractivity contribution in [1.29, 1.82) is 0 Å². The van der Waals surface area contributed by atoms with Crippen LogP contribution in [0, 0.1) is 0 Å². The van der Waals surface area contributed by atoms with E-state index in [-0.39, 0.29) is 5.91 Å². The van der Waals surface area contributed by atoms with Gasteiger partial charge < -0.3 is 5.32 Å². The maximum Gasteiger partial charge on any atom is 0.285 e. The van der Waals surface area contributed by atoms with Crippen molar-refractivity contribution in [2.45, 2.75) is 0 Å². The van der Waals surface area contributed by atoms with Crippen molar-refractivity contribution in [1.82, 2.24) is 4.98 Å². The number of nitrogens with one attached hydrogen (secondary N) is 3. The van der Waals surface area contributed by atoms with Gasteiger partial charge in [0, 0.05) is 16.3 Å². The van der Waals surface area contributed by atoms with E-state index in [0.29, 0.717) is 10.6 Å².